The molecule has 0 aromatic heterocycles. The molecule has 0 radical (unpaired) electrons. The highest BCUT2D eigenvalue weighted by molar-refractivity contribution is 8.18. The van der Waals surface area contributed by atoms with Gasteiger partial charge in [-0.05, 0) is 53.2 Å². The first-order valence-electron chi connectivity index (χ1n) is 8.26. The molecular formula is C21H16ClNO4S. The molecule has 0 spiro atoms. The van der Waals surface area contributed by atoms with E-state index in [9.17, 15) is 9.59 Å². The molecular weight excluding hydrogens is 398 g/mol. The molecule has 3 rings (SSSR count). The van der Waals surface area contributed by atoms with E-state index in [1.54, 1.807) is 36.4 Å². The molecule has 2 aromatic rings. The largest absolute Gasteiger partial charge is 0.493 e. The Morgan fingerprint density at radius 1 is 1.18 bits per heavy atom. The Kier molecular flexibility index (Phi) is 6.30. The van der Waals surface area contributed by atoms with Crippen LogP contribution < -0.4 is 9.47 Å². The number of ether oxygens (including phenoxy) is 2. The first-order chi connectivity index (χ1) is 13.5. The van der Waals surface area contributed by atoms with Gasteiger partial charge in [0.25, 0.3) is 11.1 Å². The second-order valence-corrected chi connectivity index (χ2v) is 7.23. The normalized spacial score (nSPS) is 15.0. The summed E-state index contributed by atoms with van der Waals surface area (Å²) < 4.78 is 11.2. The smallest absolute Gasteiger partial charge is 0.294 e. The molecule has 5 nitrogen and oxygen atoms in total. The summed E-state index contributed by atoms with van der Waals surface area (Å²) in [6, 6.07) is 12.7. The highest BCUT2D eigenvalue weighted by Crippen LogP contribution is 2.34. The fourth-order valence-electron chi connectivity index (χ4n) is 2.51. The van der Waals surface area contributed by atoms with Gasteiger partial charge in [0.2, 0.25) is 0 Å². The number of hydrogen-bond acceptors (Lipinski definition) is 5. The van der Waals surface area contributed by atoms with E-state index in [1.807, 2.05) is 12.1 Å². The maximum absolute atomic E-state index is 12.3. The van der Waals surface area contributed by atoms with E-state index >= 15 is 0 Å². The van der Waals surface area contributed by atoms with Crippen molar-refractivity contribution < 1.29 is 19.1 Å². The lowest BCUT2D eigenvalue weighted by atomic mass is 10.1. The van der Waals surface area contributed by atoms with Crippen molar-refractivity contribution in [2.45, 2.75) is 6.61 Å². The molecule has 1 aliphatic heterocycles. The minimum atomic E-state index is -0.394. The van der Waals surface area contributed by atoms with E-state index in [-0.39, 0.29) is 11.8 Å². The van der Waals surface area contributed by atoms with E-state index in [1.165, 1.54) is 7.11 Å². The predicted molar refractivity (Wildman–Crippen MR) is 110 cm³/mol. The van der Waals surface area contributed by atoms with Crippen LogP contribution in [0.4, 0.5) is 4.79 Å². The second kappa shape index (κ2) is 8.87. The van der Waals surface area contributed by atoms with E-state index < -0.39 is 5.91 Å². The van der Waals surface area contributed by atoms with Crippen LogP contribution >= 0.6 is 23.4 Å². The molecule has 1 saturated heterocycles. The molecule has 2 aromatic carbocycles. The summed E-state index contributed by atoms with van der Waals surface area (Å²) in [7, 11) is 1.54. The van der Waals surface area contributed by atoms with Crippen molar-refractivity contribution in [3.8, 4) is 23.8 Å². The number of terminal acetylenes is 1. The van der Waals surface area contributed by atoms with Crippen molar-refractivity contribution in [3.63, 3.8) is 0 Å². The molecule has 0 bridgehead atoms. The molecule has 1 heterocycles. The quantitative estimate of drug-likeness (QED) is 0.511. The van der Waals surface area contributed by atoms with Gasteiger partial charge in [-0.3, -0.25) is 14.5 Å². The Balaban J connectivity index is 1.76. The van der Waals surface area contributed by atoms with Crippen molar-refractivity contribution in [2.75, 3.05) is 13.7 Å². The van der Waals surface area contributed by atoms with Crippen LogP contribution in [0.25, 0.3) is 6.08 Å². The average molecular weight is 414 g/mol. The third-order valence-corrected chi connectivity index (χ3v) is 5.08. The average Bonchev–Trinajstić information content (AvgIpc) is 2.96. The first kappa shape index (κ1) is 19.9. The zero-order valence-corrected chi connectivity index (χ0v) is 16.5. The summed E-state index contributed by atoms with van der Waals surface area (Å²) in [5, 5.41) is 0.293. The maximum Gasteiger partial charge on any atom is 0.294 e. The highest BCUT2D eigenvalue weighted by Gasteiger charge is 2.34. The van der Waals surface area contributed by atoms with Crippen LogP contribution in [0.3, 0.4) is 0 Å². The Labute approximate surface area is 172 Å². The number of methoxy groups -OCH3 is 1. The number of rotatable bonds is 6. The highest BCUT2D eigenvalue weighted by atomic mass is 35.5. The van der Waals surface area contributed by atoms with Gasteiger partial charge in [-0.1, -0.05) is 35.7 Å². The molecule has 7 heteroatoms. The number of carbonyl (C=O) groups excluding carboxylic acids is 2. The summed E-state index contributed by atoms with van der Waals surface area (Å²) in [4.78, 5) is 25.5. The molecule has 0 aliphatic carbocycles. The summed E-state index contributed by atoms with van der Waals surface area (Å²) in [6.07, 6.45) is 6.83. The Morgan fingerprint density at radius 2 is 1.93 bits per heavy atom. The van der Waals surface area contributed by atoms with E-state index in [4.69, 9.17) is 27.5 Å². The van der Waals surface area contributed by atoms with Crippen LogP contribution in [0, 0.1) is 12.3 Å². The molecule has 0 saturated carbocycles. The molecule has 142 valence electrons. The van der Waals surface area contributed by atoms with Crippen molar-refractivity contribution >= 4 is 40.6 Å². The number of imide groups is 1. The maximum atomic E-state index is 12.3. The Hall–Kier alpha value is -2.88. The van der Waals surface area contributed by atoms with Gasteiger partial charge in [-0.2, -0.15) is 0 Å². The lowest BCUT2D eigenvalue weighted by molar-refractivity contribution is -0.122. The number of carbonyl (C=O) groups is 2. The molecule has 0 atom stereocenters. The number of hydrogen-bond donors (Lipinski definition) is 0. The van der Waals surface area contributed by atoms with E-state index in [0.29, 0.717) is 33.6 Å². The minimum Gasteiger partial charge on any atom is -0.493 e. The predicted octanol–water partition coefficient (Wildman–Crippen LogP) is 4.60. The zero-order valence-electron chi connectivity index (χ0n) is 15.0. The van der Waals surface area contributed by atoms with Crippen LogP contribution in [0.5, 0.6) is 11.5 Å². The van der Waals surface area contributed by atoms with Crippen LogP contribution in [0.2, 0.25) is 5.02 Å². The summed E-state index contributed by atoms with van der Waals surface area (Å²) in [5.41, 5.74) is 1.68. The Morgan fingerprint density at radius 3 is 2.61 bits per heavy atom. The number of halogens is 1. The van der Waals surface area contributed by atoms with Gasteiger partial charge in [-0.15, -0.1) is 6.42 Å². The third-order valence-electron chi connectivity index (χ3n) is 3.92. The number of nitrogens with zero attached hydrogens (tertiary/aromatic N) is 1. The van der Waals surface area contributed by atoms with Crippen LogP contribution in [0.15, 0.2) is 47.4 Å². The summed E-state index contributed by atoms with van der Waals surface area (Å²) in [6.45, 7) is 0.320. The first-order valence-corrected chi connectivity index (χ1v) is 9.45. The van der Waals surface area contributed by atoms with Crippen molar-refractivity contribution in [3.05, 3.63) is 63.5 Å². The number of amides is 2. The molecule has 1 aliphatic rings. The zero-order chi connectivity index (χ0) is 20.1. The molecule has 2 amide bonds. The monoisotopic (exact) mass is 413 g/mol. The van der Waals surface area contributed by atoms with E-state index in [0.717, 1.165) is 22.2 Å². The SMILES string of the molecule is C#CCN1C(=O)SC(=Cc2ccc(OCc3ccc(Cl)cc3)c(OC)c2)C1=O. The number of benzene rings is 2. The molecule has 0 N–H and O–H groups in total. The van der Waals surface area contributed by atoms with Gasteiger partial charge in [0.15, 0.2) is 11.5 Å². The Bertz CT molecular complexity index is 979. The van der Waals surface area contributed by atoms with Crippen LogP contribution in [-0.4, -0.2) is 29.7 Å². The van der Waals surface area contributed by atoms with Gasteiger partial charge >= 0.3 is 0 Å². The van der Waals surface area contributed by atoms with Gasteiger partial charge in [0.05, 0.1) is 18.6 Å². The van der Waals surface area contributed by atoms with E-state index in [2.05, 4.69) is 5.92 Å². The van der Waals surface area contributed by atoms with Crippen molar-refractivity contribution in [2.24, 2.45) is 0 Å². The van der Waals surface area contributed by atoms with Gasteiger partial charge in [0.1, 0.15) is 6.61 Å². The molecule has 0 unspecified atom stereocenters. The topological polar surface area (TPSA) is 55.8 Å². The van der Waals surface area contributed by atoms with Gasteiger partial charge in [-0.25, -0.2) is 0 Å². The summed E-state index contributed by atoms with van der Waals surface area (Å²) >= 11 is 6.75. The third kappa shape index (κ3) is 4.50. The second-order valence-electron chi connectivity index (χ2n) is 5.80. The molecule has 28 heavy (non-hydrogen) atoms. The summed E-state index contributed by atoms with van der Waals surface area (Å²) in [5.74, 6) is 3.00. The fourth-order valence-corrected chi connectivity index (χ4v) is 3.48. The minimum absolute atomic E-state index is 0.0389. The van der Waals surface area contributed by atoms with Crippen molar-refractivity contribution in [1.29, 1.82) is 0 Å². The van der Waals surface area contributed by atoms with Crippen LogP contribution in [0.1, 0.15) is 11.1 Å². The van der Waals surface area contributed by atoms with Gasteiger partial charge in [0, 0.05) is 5.02 Å². The number of thioether (sulfide) groups is 1. The lowest BCUT2D eigenvalue weighted by Gasteiger charge is -2.12. The standard InChI is InChI=1S/C21H16ClNO4S/c1-3-10-23-20(24)19(28-21(23)25)12-15-6-9-17(18(11-15)26-2)27-13-14-4-7-16(22)8-5-14/h1,4-9,11-12H,10,13H2,2H3. The fraction of sp³-hybridized carbons (Fsp3) is 0.143. The molecule has 1 fully saturated rings. The van der Waals surface area contributed by atoms with Crippen LogP contribution in [-0.2, 0) is 11.4 Å². The van der Waals surface area contributed by atoms with Gasteiger partial charge < -0.3 is 9.47 Å². The van der Waals surface area contributed by atoms with Crippen molar-refractivity contribution in [1.82, 2.24) is 4.90 Å². The lowest BCUT2D eigenvalue weighted by Crippen LogP contribution is -2.28.